The minimum absolute atomic E-state index is 0. The Balaban J connectivity index is 0. The molecule has 0 radical (unpaired) electrons. The molecule has 0 aromatic rings. The summed E-state index contributed by atoms with van der Waals surface area (Å²) in [6.45, 7) is 0.147. The molecule has 21 heavy (non-hydrogen) atoms. The van der Waals surface area contributed by atoms with Gasteiger partial charge in [-0.3, -0.25) is 4.79 Å². The fourth-order valence-corrected chi connectivity index (χ4v) is 1.45. The molecule has 0 aliphatic carbocycles. The minimum Gasteiger partial charge on any atom is -0.481 e. The number of hydrogen-bond acceptors (Lipinski definition) is 6. The zero-order valence-corrected chi connectivity index (χ0v) is 11.5. The lowest BCUT2D eigenvalue weighted by molar-refractivity contribution is -0.873. The van der Waals surface area contributed by atoms with Crippen LogP contribution in [-0.4, -0.2) is 112 Å². The van der Waals surface area contributed by atoms with Crippen molar-refractivity contribution in [2.24, 2.45) is 0 Å². The highest BCUT2D eigenvalue weighted by Crippen LogP contribution is 2.08. The zero-order chi connectivity index (χ0) is 16.1. The van der Waals surface area contributed by atoms with Crippen LogP contribution in [0.15, 0.2) is 0 Å². The molecule has 0 spiro atoms. The highest BCUT2D eigenvalue weighted by Gasteiger charge is 2.34. The van der Waals surface area contributed by atoms with Gasteiger partial charge in [0.15, 0.2) is 18.3 Å². The van der Waals surface area contributed by atoms with Gasteiger partial charge in [0.25, 0.3) is 0 Å². The average Bonchev–Trinajstić information content (AvgIpc) is 2.23. The second-order valence-corrected chi connectivity index (χ2v) is 5.36. The predicted octanol–water partition coefficient (Wildman–Crippen LogP) is -3.03. The highest BCUT2D eigenvalue weighted by atomic mass is 24.3. The van der Waals surface area contributed by atoms with E-state index in [-0.39, 0.29) is 29.6 Å². The van der Waals surface area contributed by atoms with Crippen LogP contribution in [0.3, 0.4) is 0 Å². The van der Waals surface area contributed by atoms with Crippen molar-refractivity contribution in [1.82, 2.24) is 0 Å². The van der Waals surface area contributed by atoms with Crippen molar-refractivity contribution in [2.75, 3.05) is 27.7 Å². The number of carbonyl (C=O) groups excluding carboxylic acids is 1. The summed E-state index contributed by atoms with van der Waals surface area (Å²) in [4.78, 5) is 32.6. The van der Waals surface area contributed by atoms with E-state index in [1.165, 1.54) is 0 Å². The van der Waals surface area contributed by atoms with Gasteiger partial charge in [-0.1, -0.05) is 0 Å². The monoisotopic (exact) mass is 320 g/mol. The Morgan fingerprint density at radius 2 is 1.52 bits per heavy atom. The number of aliphatic carboxylic acids is 2. The fraction of sp³-hybridized carbons (Fsp3) is 0.727. The van der Waals surface area contributed by atoms with Gasteiger partial charge in [0.2, 0.25) is 0 Å². The summed E-state index contributed by atoms with van der Waals surface area (Å²) < 4.78 is 5.06. The third-order valence-corrected chi connectivity index (χ3v) is 2.23. The van der Waals surface area contributed by atoms with Gasteiger partial charge in [0.05, 0.1) is 27.6 Å². The van der Waals surface area contributed by atoms with E-state index < -0.39 is 42.6 Å². The van der Waals surface area contributed by atoms with Crippen molar-refractivity contribution in [3.63, 3.8) is 0 Å². The number of hydrogen-bond donors (Lipinski definition) is 4. The van der Waals surface area contributed by atoms with E-state index in [1.54, 1.807) is 21.1 Å². The largest absolute Gasteiger partial charge is 0.481 e. The van der Waals surface area contributed by atoms with Crippen molar-refractivity contribution < 1.29 is 44.0 Å². The Bertz CT molecular complexity index is 381. The molecular weight excluding hydrogens is 298 g/mol. The number of quaternary nitrogens is 1. The fourth-order valence-electron chi connectivity index (χ4n) is 1.45. The molecule has 10 heteroatoms. The molecular formula is C11H22MgNO8+. The van der Waals surface area contributed by atoms with Crippen LogP contribution in [0.5, 0.6) is 0 Å². The third kappa shape index (κ3) is 9.58. The Morgan fingerprint density at radius 3 is 1.86 bits per heavy atom. The molecule has 0 amide bonds. The number of carboxylic acids is 2. The molecule has 9 nitrogen and oxygen atoms in total. The molecule has 0 bridgehead atoms. The molecule has 0 aliphatic rings. The van der Waals surface area contributed by atoms with Crippen LogP contribution in [-0.2, 0) is 19.1 Å². The lowest BCUT2D eigenvalue weighted by Crippen LogP contribution is -2.47. The van der Waals surface area contributed by atoms with Crippen molar-refractivity contribution >= 4 is 41.0 Å². The van der Waals surface area contributed by atoms with E-state index in [4.69, 9.17) is 20.1 Å². The smallest absolute Gasteiger partial charge is 0.338 e. The van der Waals surface area contributed by atoms with Crippen LogP contribution in [0, 0.1) is 0 Å². The Kier molecular flexibility index (Phi) is 9.73. The van der Waals surface area contributed by atoms with Gasteiger partial charge >= 0.3 is 41.0 Å². The molecule has 0 aliphatic heterocycles. The molecule has 0 saturated heterocycles. The van der Waals surface area contributed by atoms with E-state index in [9.17, 15) is 19.5 Å². The number of carbonyl (C=O) groups is 3. The summed E-state index contributed by atoms with van der Waals surface area (Å²) in [5, 5.41) is 35.5. The van der Waals surface area contributed by atoms with Crippen LogP contribution in [0.1, 0.15) is 6.42 Å². The topological polar surface area (TPSA) is 141 Å². The first-order valence-corrected chi connectivity index (χ1v) is 5.75. The summed E-state index contributed by atoms with van der Waals surface area (Å²) in [6.07, 6.45) is -6.12. The van der Waals surface area contributed by atoms with Crippen LogP contribution in [0.4, 0.5) is 0 Å². The van der Waals surface area contributed by atoms with Crippen molar-refractivity contribution in [3.05, 3.63) is 0 Å². The van der Waals surface area contributed by atoms with Crippen molar-refractivity contribution in [3.8, 4) is 0 Å². The van der Waals surface area contributed by atoms with Gasteiger partial charge in [0, 0.05) is 0 Å². The van der Waals surface area contributed by atoms with E-state index >= 15 is 0 Å². The van der Waals surface area contributed by atoms with Gasteiger partial charge in [-0.15, -0.1) is 0 Å². The standard InChI is InChI=1S/C11H19NO8.Mg.2H/c1-12(2,3)5-6(4-7(13)14)20-11(19)9(16)8(15)10(17)18;;;/h6,8-9,15-16H,4-5H2,1-3H3,(H-,13,14,17,18);;;/p+1/t6-,8?,9?;;;/m1.../s1. The third-order valence-electron chi connectivity index (χ3n) is 2.23. The maximum atomic E-state index is 11.5. The maximum absolute atomic E-state index is 11.5. The number of aliphatic hydroxyl groups excluding tert-OH is 2. The van der Waals surface area contributed by atoms with E-state index in [0.29, 0.717) is 4.48 Å². The summed E-state index contributed by atoms with van der Waals surface area (Å²) >= 11 is 0. The summed E-state index contributed by atoms with van der Waals surface area (Å²) in [7, 11) is 5.22. The molecule has 4 N–H and O–H groups in total. The Hall–Kier alpha value is -0.944. The molecule has 0 saturated carbocycles. The zero-order valence-electron chi connectivity index (χ0n) is 11.5. The highest BCUT2D eigenvalue weighted by molar-refractivity contribution is 5.84. The second-order valence-electron chi connectivity index (χ2n) is 5.36. The molecule has 0 aromatic heterocycles. The molecule has 3 atom stereocenters. The minimum atomic E-state index is -2.32. The summed E-state index contributed by atoms with van der Waals surface area (Å²) in [6, 6.07) is 0. The van der Waals surface area contributed by atoms with Gasteiger partial charge in [0.1, 0.15) is 6.54 Å². The van der Waals surface area contributed by atoms with Crippen molar-refractivity contribution in [2.45, 2.75) is 24.7 Å². The first-order chi connectivity index (χ1) is 8.94. The molecule has 0 aromatic carbocycles. The quantitative estimate of drug-likeness (QED) is 0.210. The number of aliphatic hydroxyl groups is 2. The lowest BCUT2D eigenvalue weighted by Gasteiger charge is -2.29. The second kappa shape index (κ2) is 9.15. The summed E-state index contributed by atoms with van der Waals surface area (Å²) in [5.41, 5.74) is 0. The predicted molar refractivity (Wildman–Crippen MR) is 73.2 cm³/mol. The number of esters is 1. The number of nitrogens with zero attached hydrogens (tertiary/aromatic N) is 1. The van der Waals surface area contributed by atoms with Crippen LogP contribution in [0.2, 0.25) is 0 Å². The Labute approximate surface area is 137 Å². The van der Waals surface area contributed by atoms with Gasteiger partial charge in [-0.05, 0) is 0 Å². The van der Waals surface area contributed by atoms with Gasteiger partial charge < -0.3 is 29.6 Å². The SMILES string of the molecule is C[N+](C)(C)C[C@@H](CC(=O)O)OC(=O)C(O)C(O)C(=O)O.[MgH2]. The van der Waals surface area contributed by atoms with Gasteiger partial charge in [-0.25, -0.2) is 9.59 Å². The normalized spacial score (nSPS) is 15.3. The molecule has 0 rings (SSSR count). The van der Waals surface area contributed by atoms with Crippen LogP contribution in [0.25, 0.3) is 0 Å². The number of rotatable bonds is 8. The Morgan fingerprint density at radius 1 is 1.05 bits per heavy atom. The molecule has 2 unspecified atom stereocenters. The van der Waals surface area contributed by atoms with Crippen LogP contribution < -0.4 is 0 Å². The van der Waals surface area contributed by atoms with E-state index in [1.807, 2.05) is 0 Å². The molecule has 0 fully saturated rings. The maximum Gasteiger partial charge on any atom is 0.338 e. The summed E-state index contributed by atoms with van der Waals surface area (Å²) in [5.74, 6) is -4.36. The molecule has 0 heterocycles. The van der Waals surface area contributed by atoms with Crippen LogP contribution >= 0.6 is 0 Å². The average molecular weight is 321 g/mol. The molecule has 120 valence electrons. The van der Waals surface area contributed by atoms with E-state index in [0.717, 1.165) is 0 Å². The number of likely N-dealkylation sites (N-methyl/N-ethyl adjacent to an activating group) is 1. The number of ether oxygens (including phenoxy) is 1. The first kappa shape index (κ1) is 22.3. The first-order valence-electron chi connectivity index (χ1n) is 5.75. The number of carboxylic acid groups (broad SMARTS) is 2. The van der Waals surface area contributed by atoms with E-state index in [2.05, 4.69) is 0 Å². The van der Waals surface area contributed by atoms with Gasteiger partial charge in [-0.2, -0.15) is 0 Å². The van der Waals surface area contributed by atoms with Crippen molar-refractivity contribution in [1.29, 1.82) is 0 Å². The lowest BCUT2D eigenvalue weighted by atomic mass is 10.2.